The largest absolute Gasteiger partial charge is 0.352 e. The molecule has 3 rings (SSSR count). The van der Waals surface area contributed by atoms with Crippen LogP contribution >= 0.6 is 0 Å². The highest BCUT2D eigenvalue weighted by Crippen LogP contribution is 2.22. The van der Waals surface area contributed by atoms with Gasteiger partial charge < -0.3 is 9.88 Å². The van der Waals surface area contributed by atoms with E-state index < -0.39 is 0 Å². The SMILES string of the molecule is CCCNC(=O)c1c(C)nn(-c2ccccc2)c1-n1cccc1. The second kappa shape index (κ2) is 6.52. The van der Waals surface area contributed by atoms with Crippen molar-refractivity contribution in [3.63, 3.8) is 0 Å². The summed E-state index contributed by atoms with van der Waals surface area (Å²) in [6, 6.07) is 13.7. The molecular weight excluding hydrogens is 288 g/mol. The predicted molar refractivity (Wildman–Crippen MR) is 90.3 cm³/mol. The molecule has 2 aromatic heterocycles. The molecule has 2 heterocycles. The quantitative estimate of drug-likeness (QED) is 0.787. The lowest BCUT2D eigenvalue weighted by molar-refractivity contribution is 0.0953. The van der Waals surface area contributed by atoms with Gasteiger partial charge in [-0.25, -0.2) is 4.68 Å². The van der Waals surface area contributed by atoms with Crippen LogP contribution in [0.5, 0.6) is 0 Å². The number of nitrogens with one attached hydrogen (secondary N) is 1. The maximum absolute atomic E-state index is 12.6. The van der Waals surface area contributed by atoms with Gasteiger partial charge in [0.2, 0.25) is 0 Å². The second-order valence-electron chi connectivity index (χ2n) is 5.38. The molecule has 3 aromatic rings. The highest BCUT2D eigenvalue weighted by atomic mass is 16.1. The van der Waals surface area contributed by atoms with Crippen LogP contribution in [0.4, 0.5) is 0 Å². The Morgan fingerprint density at radius 3 is 2.48 bits per heavy atom. The average Bonchev–Trinajstić information content (AvgIpc) is 3.20. The Kier molecular flexibility index (Phi) is 4.28. The molecular formula is C18H20N4O. The van der Waals surface area contributed by atoms with Crippen LogP contribution in [0.25, 0.3) is 11.5 Å². The van der Waals surface area contributed by atoms with E-state index >= 15 is 0 Å². The summed E-state index contributed by atoms with van der Waals surface area (Å²) in [5, 5.41) is 7.55. The van der Waals surface area contributed by atoms with Crippen LogP contribution < -0.4 is 5.32 Å². The van der Waals surface area contributed by atoms with E-state index in [-0.39, 0.29) is 5.91 Å². The lowest BCUT2D eigenvalue weighted by Crippen LogP contribution is -2.25. The third-order valence-electron chi connectivity index (χ3n) is 3.65. The summed E-state index contributed by atoms with van der Waals surface area (Å²) in [7, 11) is 0. The first-order valence-corrected chi connectivity index (χ1v) is 7.79. The Labute approximate surface area is 135 Å². The van der Waals surface area contributed by atoms with Gasteiger partial charge in [0.25, 0.3) is 5.91 Å². The minimum absolute atomic E-state index is 0.0877. The van der Waals surface area contributed by atoms with E-state index in [1.54, 1.807) is 0 Å². The molecule has 0 radical (unpaired) electrons. The van der Waals surface area contributed by atoms with E-state index in [2.05, 4.69) is 10.4 Å². The lowest BCUT2D eigenvalue weighted by atomic mass is 10.2. The van der Waals surface area contributed by atoms with Crippen molar-refractivity contribution in [2.24, 2.45) is 0 Å². The number of aromatic nitrogens is 3. The van der Waals surface area contributed by atoms with Crippen LogP contribution in [0.3, 0.4) is 0 Å². The Morgan fingerprint density at radius 2 is 1.83 bits per heavy atom. The minimum atomic E-state index is -0.0877. The zero-order chi connectivity index (χ0) is 16.2. The van der Waals surface area contributed by atoms with Crippen molar-refractivity contribution < 1.29 is 4.79 Å². The van der Waals surface area contributed by atoms with Gasteiger partial charge in [-0.05, 0) is 37.6 Å². The van der Waals surface area contributed by atoms with Gasteiger partial charge in [-0.2, -0.15) is 5.10 Å². The van der Waals surface area contributed by atoms with E-state index in [9.17, 15) is 4.79 Å². The Hall–Kier alpha value is -2.82. The van der Waals surface area contributed by atoms with Crippen molar-refractivity contribution >= 4 is 5.91 Å². The number of rotatable bonds is 5. The number of para-hydroxylation sites is 1. The third kappa shape index (κ3) is 2.90. The standard InChI is InChI=1S/C18H20N4O/c1-3-11-19-17(23)16-14(2)20-22(15-9-5-4-6-10-15)18(16)21-12-7-8-13-21/h4-10,12-13H,3,11H2,1-2H3,(H,19,23). The Bertz CT molecular complexity index is 788. The second-order valence-corrected chi connectivity index (χ2v) is 5.38. The third-order valence-corrected chi connectivity index (χ3v) is 3.65. The highest BCUT2D eigenvalue weighted by molar-refractivity contribution is 5.98. The zero-order valence-corrected chi connectivity index (χ0v) is 13.4. The van der Waals surface area contributed by atoms with Crippen molar-refractivity contribution in [2.45, 2.75) is 20.3 Å². The number of carbonyl (C=O) groups excluding carboxylic acids is 1. The fourth-order valence-corrected chi connectivity index (χ4v) is 2.57. The van der Waals surface area contributed by atoms with Crippen molar-refractivity contribution in [3.8, 4) is 11.5 Å². The van der Waals surface area contributed by atoms with Gasteiger partial charge in [0, 0.05) is 18.9 Å². The maximum atomic E-state index is 12.6. The molecule has 5 heteroatoms. The van der Waals surface area contributed by atoms with Crippen molar-refractivity contribution in [1.82, 2.24) is 19.7 Å². The van der Waals surface area contributed by atoms with Gasteiger partial charge in [-0.15, -0.1) is 0 Å². The van der Waals surface area contributed by atoms with Crippen LogP contribution in [-0.2, 0) is 0 Å². The number of amides is 1. The fourth-order valence-electron chi connectivity index (χ4n) is 2.57. The molecule has 118 valence electrons. The van der Waals surface area contributed by atoms with Crippen molar-refractivity contribution in [2.75, 3.05) is 6.54 Å². The number of carbonyl (C=O) groups is 1. The highest BCUT2D eigenvalue weighted by Gasteiger charge is 2.23. The fraction of sp³-hybridized carbons (Fsp3) is 0.222. The monoisotopic (exact) mass is 308 g/mol. The lowest BCUT2D eigenvalue weighted by Gasteiger charge is -2.11. The van der Waals surface area contributed by atoms with E-state index in [1.165, 1.54) is 0 Å². The van der Waals surface area contributed by atoms with Crippen LogP contribution in [0.1, 0.15) is 29.4 Å². The number of hydrogen-bond acceptors (Lipinski definition) is 2. The molecule has 0 atom stereocenters. The molecule has 0 saturated carbocycles. The molecule has 0 aliphatic heterocycles. The molecule has 0 aliphatic rings. The molecule has 0 spiro atoms. The van der Waals surface area contributed by atoms with Gasteiger partial charge in [0.05, 0.1) is 11.4 Å². The average molecular weight is 308 g/mol. The molecule has 0 saturated heterocycles. The zero-order valence-electron chi connectivity index (χ0n) is 13.4. The Morgan fingerprint density at radius 1 is 1.13 bits per heavy atom. The molecule has 23 heavy (non-hydrogen) atoms. The predicted octanol–water partition coefficient (Wildman–Crippen LogP) is 3.11. The van der Waals surface area contributed by atoms with Crippen LogP contribution in [0, 0.1) is 6.92 Å². The molecule has 0 bridgehead atoms. The normalized spacial score (nSPS) is 10.7. The topological polar surface area (TPSA) is 51.9 Å². The molecule has 1 aromatic carbocycles. The van der Waals surface area contributed by atoms with E-state index in [0.29, 0.717) is 17.8 Å². The first kappa shape index (κ1) is 15.1. The summed E-state index contributed by atoms with van der Waals surface area (Å²) < 4.78 is 3.74. The molecule has 0 fully saturated rings. The first-order valence-electron chi connectivity index (χ1n) is 7.79. The summed E-state index contributed by atoms with van der Waals surface area (Å²) in [5.74, 6) is 0.669. The first-order chi connectivity index (χ1) is 11.2. The van der Waals surface area contributed by atoms with Crippen LogP contribution in [0.2, 0.25) is 0 Å². The number of benzene rings is 1. The molecule has 5 nitrogen and oxygen atoms in total. The summed E-state index contributed by atoms with van der Waals surface area (Å²) in [4.78, 5) is 12.6. The van der Waals surface area contributed by atoms with Crippen LogP contribution in [0.15, 0.2) is 54.9 Å². The van der Waals surface area contributed by atoms with Crippen molar-refractivity contribution in [3.05, 3.63) is 66.1 Å². The summed E-state index contributed by atoms with van der Waals surface area (Å²) in [6.07, 6.45) is 4.75. The Balaban J connectivity index is 2.17. The van der Waals surface area contributed by atoms with Crippen molar-refractivity contribution in [1.29, 1.82) is 0 Å². The van der Waals surface area contributed by atoms with Crippen LogP contribution in [-0.4, -0.2) is 26.8 Å². The van der Waals surface area contributed by atoms with Gasteiger partial charge in [-0.3, -0.25) is 4.79 Å². The number of aryl methyl sites for hydroxylation is 1. The summed E-state index contributed by atoms with van der Waals surface area (Å²) in [6.45, 7) is 4.56. The maximum Gasteiger partial charge on any atom is 0.256 e. The van der Waals surface area contributed by atoms with Gasteiger partial charge in [0.1, 0.15) is 5.56 Å². The molecule has 1 amide bonds. The summed E-state index contributed by atoms with van der Waals surface area (Å²) in [5.41, 5.74) is 2.25. The van der Waals surface area contributed by atoms with Gasteiger partial charge in [0.15, 0.2) is 5.82 Å². The number of nitrogens with zero attached hydrogens (tertiary/aromatic N) is 3. The smallest absolute Gasteiger partial charge is 0.256 e. The van der Waals surface area contributed by atoms with Gasteiger partial charge in [-0.1, -0.05) is 25.1 Å². The molecule has 0 aliphatic carbocycles. The summed E-state index contributed by atoms with van der Waals surface area (Å²) >= 11 is 0. The van der Waals surface area contributed by atoms with E-state index in [4.69, 9.17) is 0 Å². The van der Waals surface area contributed by atoms with Gasteiger partial charge >= 0.3 is 0 Å². The molecule has 0 unspecified atom stereocenters. The molecule has 1 N–H and O–H groups in total. The van der Waals surface area contributed by atoms with E-state index in [1.807, 2.05) is 78.0 Å². The minimum Gasteiger partial charge on any atom is -0.352 e. The number of hydrogen-bond donors (Lipinski definition) is 1. The van der Waals surface area contributed by atoms with E-state index in [0.717, 1.165) is 17.9 Å².